The molecular weight excluding hydrogens is 513 g/mol. The van der Waals surface area contributed by atoms with Crippen molar-refractivity contribution in [2.75, 3.05) is 24.7 Å². The molecule has 2 aliphatic rings. The Balaban J connectivity index is 1.46. The number of halogens is 3. The van der Waals surface area contributed by atoms with E-state index in [0.29, 0.717) is 48.0 Å². The number of ether oxygens (including phenoxy) is 1. The van der Waals surface area contributed by atoms with Crippen molar-refractivity contribution >= 4 is 39.4 Å². The molecule has 2 aromatic carbocycles. The summed E-state index contributed by atoms with van der Waals surface area (Å²) in [6, 6.07) is 8.24. The highest BCUT2D eigenvalue weighted by atomic mass is 19.4. The average Bonchev–Trinajstić information content (AvgIpc) is 3.56. The lowest BCUT2D eigenvalue weighted by atomic mass is 9.98. The highest BCUT2D eigenvalue weighted by molar-refractivity contribution is 6.07. The highest BCUT2D eigenvalue weighted by Crippen LogP contribution is 2.39. The minimum atomic E-state index is -4.70. The Labute approximate surface area is 223 Å². The van der Waals surface area contributed by atoms with Gasteiger partial charge in [-0.05, 0) is 55.0 Å². The number of fused-ring (bicyclic) bond motifs is 3. The van der Waals surface area contributed by atoms with Crippen molar-refractivity contribution in [2.24, 2.45) is 5.92 Å². The van der Waals surface area contributed by atoms with Crippen LogP contribution in [-0.2, 0) is 14.3 Å². The predicted octanol–water partition coefficient (Wildman–Crippen LogP) is 4.73. The Kier molecular flexibility index (Phi) is 7.03. The first-order chi connectivity index (χ1) is 18.5. The number of morpholine rings is 1. The quantitative estimate of drug-likeness (QED) is 0.426. The average molecular weight is 543 g/mol. The molecule has 1 saturated heterocycles. The van der Waals surface area contributed by atoms with Crippen LogP contribution >= 0.6 is 0 Å². The maximum Gasteiger partial charge on any atom is 0.407 e. The van der Waals surface area contributed by atoms with Gasteiger partial charge in [0.1, 0.15) is 29.4 Å². The van der Waals surface area contributed by atoms with Gasteiger partial charge in [-0.2, -0.15) is 18.4 Å². The van der Waals surface area contributed by atoms with Gasteiger partial charge in [-0.15, -0.1) is 0 Å². The fraction of sp³-hybridized carbons (Fsp3) is 0.464. The third-order valence-corrected chi connectivity index (χ3v) is 7.15. The van der Waals surface area contributed by atoms with E-state index in [-0.39, 0.29) is 36.0 Å². The van der Waals surface area contributed by atoms with Crippen molar-refractivity contribution in [3.05, 3.63) is 42.0 Å². The molecule has 1 saturated carbocycles. The lowest BCUT2D eigenvalue weighted by molar-refractivity contribution is -0.161. The van der Waals surface area contributed by atoms with Gasteiger partial charge >= 0.3 is 6.18 Å². The molecule has 1 aliphatic heterocycles. The Morgan fingerprint density at radius 1 is 1.15 bits per heavy atom. The lowest BCUT2D eigenvalue weighted by Gasteiger charge is -2.29. The molecule has 0 unspecified atom stereocenters. The van der Waals surface area contributed by atoms with E-state index in [0.717, 1.165) is 0 Å². The molecule has 2 atom stereocenters. The van der Waals surface area contributed by atoms with Gasteiger partial charge in [-0.1, -0.05) is 26.0 Å². The number of benzene rings is 2. The third kappa shape index (κ3) is 5.58. The van der Waals surface area contributed by atoms with Crippen LogP contribution in [0.4, 0.5) is 18.9 Å². The number of rotatable bonds is 8. The number of alkyl halides is 3. The molecule has 3 aromatic rings. The van der Waals surface area contributed by atoms with Crippen molar-refractivity contribution in [1.82, 2.24) is 10.6 Å². The highest BCUT2D eigenvalue weighted by Gasteiger charge is 2.47. The van der Waals surface area contributed by atoms with E-state index in [2.05, 4.69) is 10.6 Å². The number of anilines is 1. The summed E-state index contributed by atoms with van der Waals surface area (Å²) in [5.74, 6) is -0.853. The molecule has 2 heterocycles. The zero-order chi connectivity index (χ0) is 27.9. The molecular formula is C28H29F3N4O4. The second kappa shape index (κ2) is 10.2. The summed E-state index contributed by atoms with van der Waals surface area (Å²) >= 11 is 0. The van der Waals surface area contributed by atoms with Crippen molar-refractivity contribution in [3.63, 3.8) is 0 Å². The molecule has 11 heteroatoms. The number of carbonyl (C=O) groups excluding carboxylic acids is 2. The number of carbonyl (C=O) groups is 2. The molecule has 2 N–H and O–H groups in total. The van der Waals surface area contributed by atoms with E-state index in [4.69, 9.17) is 9.15 Å². The van der Waals surface area contributed by atoms with E-state index >= 15 is 0 Å². The van der Waals surface area contributed by atoms with Crippen molar-refractivity contribution < 1.29 is 31.9 Å². The van der Waals surface area contributed by atoms with Gasteiger partial charge in [0.25, 0.3) is 5.91 Å². The Hall–Kier alpha value is -3.62. The zero-order valence-electron chi connectivity index (χ0n) is 21.6. The minimum Gasteiger partial charge on any atom is -0.456 e. The normalized spacial score (nSPS) is 18.8. The van der Waals surface area contributed by atoms with Crippen molar-refractivity contribution in [1.29, 1.82) is 5.26 Å². The second-order valence-electron chi connectivity index (χ2n) is 10.6. The summed E-state index contributed by atoms with van der Waals surface area (Å²) in [5, 5.41) is 15.8. The summed E-state index contributed by atoms with van der Waals surface area (Å²) < 4.78 is 54.2. The molecule has 2 fully saturated rings. The van der Waals surface area contributed by atoms with Gasteiger partial charge in [-0.3, -0.25) is 14.9 Å². The second-order valence-corrected chi connectivity index (χ2v) is 10.6. The van der Waals surface area contributed by atoms with E-state index in [1.54, 1.807) is 29.2 Å². The van der Waals surface area contributed by atoms with Gasteiger partial charge in [-0.25, -0.2) is 0 Å². The fourth-order valence-corrected chi connectivity index (χ4v) is 4.94. The number of nitriles is 1. The van der Waals surface area contributed by atoms with Crippen molar-refractivity contribution in [2.45, 2.75) is 56.9 Å². The van der Waals surface area contributed by atoms with Crippen LogP contribution in [0.2, 0.25) is 0 Å². The van der Waals surface area contributed by atoms with Crippen LogP contribution in [0.25, 0.3) is 21.9 Å². The first kappa shape index (κ1) is 27.0. The van der Waals surface area contributed by atoms with Gasteiger partial charge in [0.05, 0.1) is 18.7 Å². The number of amides is 2. The standard InChI is InChI=1S/C28H29F3N4O4/c1-16(2)11-21(26(37)34-27(15-32)7-8-27)33-25(28(29,30)31)17-3-5-19-20-13-18(35-9-10-38-14-24(35)36)4-6-22(20)39-23(19)12-17/h3-6,12-13,16,21,25,33H,7-11,14H2,1-2H3,(H,34,37)/t21-,25-/m0/s1. The number of furan rings is 1. The topological polar surface area (TPSA) is 108 Å². The molecule has 1 aromatic heterocycles. The summed E-state index contributed by atoms with van der Waals surface area (Å²) in [7, 11) is 0. The third-order valence-electron chi connectivity index (χ3n) is 7.15. The number of hydrogen-bond donors (Lipinski definition) is 2. The molecule has 0 bridgehead atoms. The minimum absolute atomic E-state index is 0.00726. The van der Waals surface area contributed by atoms with Crippen LogP contribution in [0.5, 0.6) is 0 Å². The zero-order valence-corrected chi connectivity index (χ0v) is 21.6. The number of nitrogens with zero attached hydrogens (tertiary/aromatic N) is 2. The monoisotopic (exact) mass is 542 g/mol. The van der Waals surface area contributed by atoms with Gasteiger partial charge in [0, 0.05) is 23.0 Å². The molecule has 39 heavy (non-hydrogen) atoms. The summed E-state index contributed by atoms with van der Waals surface area (Å²) in [6.45, 7) is 4.46. The van der Waals surface area contributed by atoms with Crippen LogP contribution in [0, 0.1) is 17.2 Å². The van der Waals surface area contributed by atoms with Gasteiger partial charge in [0.2, 0.25) is 5.91 Å². The molecule has 206 valence electrons. The van der Waals surface area contributed by atoms with E-state index in [9.17, 15) is 28.0 Å². The van der Waals surface area contributed by atoms with Crippen molar-refractivity contribution in [3.8, 4) is 6.07 Å². The molecule has 1 aliphatic carbocycles. The van der Waals surface area contributed by atoms with Crippen LogP contribution in [-0.4, -0.2) is 49.3 Å². The Bertz CT molecular complexity index is 1450. The molecule has 2 amide bonds. The number of nitrogens with one attached hydrogen (secondary N) is 2. The largest absolute Gasteiger partial charge is 0.456 e. The predicted molar refractivity (Wildman–Crippen MR) is 138 cm³/mol. The first-order valence-corrected chi connectivity index (χ1v) is 12.9. The lowest BCUT2D eigenvalue weighted by Crippen LogP contribution is -2.52. The first-order valence-electron chi connectivity index (χ1n) is 12.9. The maximum absolute atomic E-state index is 14.4. The Morgan fingerprint density at radius 3 is 2.56 bits per heavy atom. The molecule has 8 nitrogen and oxygen atoms in total. The van der Waals surface area contributed by atoms with Crippen LogP contribution in [0.15, 0.2) is 40.8 Å². The summed E-state index contributed by atoms with van der Waals surface area (Å²) in [5.41, 5.74) is 0.313. The van der Waals surface area contributed by atoms with E-state index in [1.165, 1.54) is 12.1 Å². The van der Waals surface area contributed by atoms with Crippen LogP contribution in [0.3, 0.4) is 0 Å². The Morgan fingerprint density at radius 2 is 1.92 bits per heavy atom. The SMILES string of the molecule is CC(C)C[C@H](N[C@@H](c1ccc2c(c1)oc1ccc(N3CCOCC3=O)cc12)C(F)(F)F)C(=O)NC1(C#N)CC1. The maximum atomic E-state index is 14.4. The molecule has 5 rings (SSSR count). The smallest absolute Gasteiger partial charge is 0.407 e. The fourth-order valence-electron chi connectivity index (χ4n) is 4.94. The molecule has 0 spiro atoms. The number of hydrogen-bond acceptors (Lipinski definition) is 6. The van der Waals surface area contributed by atoms with Crippen LogP contribution < -0.4 is 15.5 Å². The van der Waals surface area contributed by atoms with E-state index in [1.807, 2.05) is 19.9 Å². The van der Waals surface area contributed by atoms with Crippen LogP contribution in [0.1, 0.15) is 44.7 Å². The van der Waals surface area contributed by atoms with Gasteiger partial charge < -0.3 is 19.4 Å². The molecule has 0 radical (unpaired) electrons. The summed E-state index contributed by atoms with van der Waals surface area (Å²) in [4.78, 5) is 26.8. The van der Waals surface area contributed by atoms with E-state index < -0.39 is 29.7 Å². The summed E-state index contributed by atoms with van der Waals surface area (Å²) in [6.07, 6.45) is -3.58. The van der Waals surface area contributed by atoms with Gasteiger partial charge in [0.15, 0.2) is 0 Å².